The molecule has 1 aromatic rings. The van der Waals surface area contributed by atoms with Gasteiger partial charge in [-0.05, 0) is 12.5 Å². The van der Waals surface area contributed by atoms with Gasteiger partial charge < -0.3 is 25.4 Å². The van der Waals surface area contributed by atoms with E-state index in [2.05, 4.69) is 10.3 Å². The lowest BCUT2D eigenvalue weighted by atomic mass is 10.1. The van der Waals surface area contributed by atoms with Gasteiger partial charge in [-0.3, -0.25) is 4.57 Å². The van der Waals surface area contributed by atoms with Crippen LogP contribution in [0.15, 0.2) is 17.1 Å². The molecule has 0 saturated carbocycles. The van der Waals surface area contributed by atoms with Crippen molar-refractivity contribution >= 4 is 5.82 Å². The quantitative estimate of drug-likeness (QED) is 0.530. The van der Waals surface area contributed by atoms with Crippen LogP contribution in [-0.4, -0.2) is 56.3 Å². The predicted octanol–water partition coefficient (Wildman–Crippen LogP) is -1.32. The second kappa shape index (κ2) is 6.31. The second-order valence-corrected chi connectivity index (χ2v) is 4.66. The SMILES string of the molecule is CCCNc1ccn([C@@H]2O[C@H](CO)[C@@H](O)[C@@H]2O)c(=O)n1. The predicted molar refractivity (Wildman–Crippen MR) is 70.3 cm³/mol. The van der Waals surface area contributed by atoms with E-state index in [-0.39, 0.29) is 0 Å². The van der Waals surface area contributed by atoms with E-state index < -0.39 is 36.8 Å². The summed E-state index contributed by atoms with van der Waals surface area (Å²) in [7, 11) is 0. The summed E-state index contributed by atoms with van der Waals surface area (Å²) >= 11 is 0. The molecule has 4 N–H and O–H groups in total. The van der Waals surface area contributed by atoms with E-state index in [0.717, 1.165) is 11.0 Å². The van der Waals surface area contributed by atoms with Crippen molar-refractivity contribution in [1.82, 2.24) is 9.55 Å². The third kappa shape index (κ3) is 2.83. The molecule has 0 amide bonds. The standard InChI is InChI=1S/C12H19N3O5/c1-2-4-13-8-3-5-15(12(19)14-8)11-10(18)9(17)7(6-16)20-11/h3,5,7,9-11,16-18H,2,4,6H2,1H3,(H,13,14,19)/t7-,9-,10+,11-/m1/s1. The fraction of sp³-hybridized carbons (Fsp3) is 0.667. The van der Waals surface area contributed by atoms with Crippen LogP contribution in [0.3, 0.4) is 0 Å². The summed E-state index contributed by atoms with van der Waals surface area (Å²) in [5, 5.41) is 31.5. The van der Waals surface area contributed by atoms with E-state index >= 15 is 0 Å². The number of aromatic nitrogens is 2. The van der Waals surface area contributed by atoms with Crippen LogP contribution in [0.25, 0.3) is 0 Å². The Hall–Kier alpha value is -1.48. The summed E-state index contributed by atoms with van der Waals surface area (Å²) in [5.41, 5.74) is -0.596. The number of rotatable bonds is 5. The highest BCUT2D eigenvalue weighted by molar-refractivity contribution is 5.31. The molecule has 1 aromatic heterocycles. The van der Waals surface area contributed by atoms with Gasteiger partial charge in [0.05, 0.1) is 6.61 Å². The Morgan fingerprint density at radius 3 is 2.75 bits per heavy atom. The Morgan fingerprint density at radius 2 is 2.20 bits per heavy atom. The van der Waals surface area contributed by atoms with Gasteiger partial charge in [-0.1, -0.05) is 6.92 Å². The molecule has 0 spiro atoms. The molecule has 20 heavy (non-hydrogen) atoms. The molecule has 2 heterocycles. The van der Waals surface area contributed by atoms with E-state index in [1.807, 2.05) is 6.92 Å². The number of hydrogen-bond donors (Lipinski definition) is 4. The van der Waals surface area contributed by atoms with Gasteiger partial charge in [-0.25, -0.2) is 4.79 Å². The topological polar surface area (TPSA) is 117 Å². The van der Waals surface area contributed by atoms with E-state index in [0.29, 0.717) is 12.4 Å². The molecular formula is C12H19N3O5. The normalized spacial score (nSPS) is 29.6. The molecule has 2 rings (SSSR count). The number of ether oxygens (including phenoxy) is 1. The van der Waals surface area contributed by atoms with Gasteiger partial charge in [0.25, 0.3) is 0 Å². The summed E-state index contributed by atoms with van der Waals surface area (Å²) in [6.45, 7) is 2.25. The zero-order chi connectivity index (χ0) is 14.7. The maximum absolute atomic E-state index is 11.9. The van der Waals surface area contributed by atoms with Gasteiger partial charge >= 0.3 is 5.69 Å². The minimum Gasteiger partial charge on any atom is -0.394 e. The number of hydrogen-bond acceptors (Lipinski definition) is 7. The maximum Gasteiger partial charge on any atom is 0.351 e. The minimum atomic E-state index is -1.29. The van der Waals surface area contributed by atoms with Crippen molar-refractivity contribution in [3.05, 3.63) is 22.7 Å². The Kier molecular flexibility index (Phi) is 4.71. The van der Waals surface area contributed by atoms with Gasteiger partial charge in [0.15, 0.2) is 6.23 Å². The van der Waals surface area contributed by atoms with E-state index in [1.165, 1.54) is 6.20 Å². The molecule has 8 nitrogen and oxygen atoms in total. The molecule has 0 aromatic carbocycles. The molecule has 1 aliphatic heterocycles. The van der Waals surface area contributed by atoms with Crippen LogP contribution in [0.5, 0.6) is 0 Å². The molecule has 0 radical (unpaired) electrons. The molecule has 1 aliphatic rings. The van der Waals surface area contributed by atoms with E-state index in [4.69, 9.17) is 9.84 Å². The van der Waals surface area contributed by atoms with Gasteiger partial charge in [0.1, 0.15) is 24.1 Å². The molecule has 1 saturated heterocycles. The number of nitrogens with one attached hydrogen (secondary N) is 1. The summed E-state index contributed by atoms with van der Waals surface area (Å²) < 4.78 is 6.37. The summed E-state index contributed by atoms with van der Waals surface area (Å²) in [6, 6.07) is 1.59. The van der Waals surface area contributed by atoms with Crippen LogP contribution in [0.2, 0.25) is 0 Å². The smallest absolute Gasteiger partial charge is 0.351 e. The van der Waals surface area contributed by atoms with E-state index in [1.54, 1.807) is 6.07 Å². The van der Waals surface area contributed by atoms with Crippen molar-refractivity contribution in [2.45, 2.75) is 37.9 Å². The average Bonchev–Trinajstić information content (AvgIpc) is 2.73. The lowest BCUT2D eigenvalue weighted by Crippen LogP contribution is -2.36. The first-order valence-corrected chi connectivity index (χ1v) is 6.54. The van der Waals surface area contributed by atoms with Crippen LogP contribution in [0.4, 0.5) is 5.82 Å². The van der Waals surface area contributed by atoms with Crippen molar-refractivity contribution in [3.63, 3.8) is 0 Å². The van der Waals surface area contributed by atoms with Gasteiger partial charge in [-0.2, -0.15) is 4.98 Å². The number of nitrogens with zero attached hydrogens (tertiary/aromatic N) is 2. The first-order valence-electron chi connectivity index (χ1n) is 6.54. The molecule has 0 unspecified atom stereocenters. The minimum absolute atomic E-state index is 0.437. The summed E-state index contributed by atoms with van der Waals surface area (Å²) in [6.07, 6.45) is -2.16. The fourth-order valence-corrected chi connectivity index (χ4v) is 2.07. The molecule has 0 aliphatic carbocycles. The van der Waals surface area contributed by atoms with Crippen LogP contribution in [-0.2, 0) is 4.74 Å². The van der Waals surface area contributed by atoms with Crippen LogP contribution in [0.1, 0.15) is 19.6 Å². The summed E-state index contributed by atoms with van der Waals surface area (Å²) in [4.78, 5) is 15.7. The average molecular weight is 285 g/mol. The van der Waals surface area contributed by atoms with Crippen molar-refractivity contribution in [2.24, 2.45) is 0 Å². The number of anilines is 1. The Balaban J connectivity index is 2.19. The highest BCUT2D eigenvalue weighted by Crippen LogP contribution is 2.27. The second-order valence-electron chi connectivity index (χ2n) is 4.66. The molecule has 8 heteroatoms. The van der Waals surface area contributed by atoms with Crippen LogP contribution < -0.4 is 11.0 Å². The Morgan fingerprint density at radius 1 is 1.45 bits per heavy atom. The first kappa shape index (κ1) is 14.9. The first-order chi connectivity index (χ1) is 9.58. The largest absolute Gasteiger partial charge is 0.394 e. The highest BCUT2D eigenvalue weighted by Gasteiger charge is 2.43. The zero-order valence-corrected chi connectivity index (χ0v) is 11.1. The Labute approximate surface area is 115 Å². The maximum atomic E-state index is 11.9. The fourth-order valence-electron chi connectivity index (χ4n) is 2.07. The van der Waals surface area contributed by atoms with Crippen LogP contribution in [0, 0.1) is 0 Å². The lowest BCUT2D eigenvalue weighted by Gasteiger charge is -2.17. The number of aliphatic hydroxyl groups is 3. The van der Waals surface area contributed by atoms with Crippen molar-refractivity contribution in [1.29, 1.82) is 0 Å². The van der Waals surface area contributed by atoms with Crippen molar-refractivity contribution in [2.75, 3.05) is 18.5 Å². The third-order valence-corrected chi connectivity index (χ3v) is 3.18. The van der Waals surface area contributed by atoms with Gasteiger partial charge in [0.2, 0.25) is 0 Å². The summed E-state index contributed by atoms with van der Waals surface area (Å²) in [5.74, 6) is 0.444. The van der Waals surface area contributed by atoms with Gasteiger partial charge in [0, 0.05) is 12.7 Å². The monoisotopic (exact) mass is 285 g/mol. The molecular weight excluding hydrogens is 266 g/mol. The molecule has 0 bridgehead atoms. The molecule has 1 fully saturated rings. The van der Waals surface area contributed by atoms with E-state index in [9.17, 15) is 15.0 Å². The molecule has 4 atom stereocenters. The third-order valence-electron chi connectivity index (χ3n) is 3.18. The highest BCUT2D eigenvalue weighted by atomic mass is 16.6. The number of aliphatic hydroxyl groups excluding tert-OH is 3. The van der Waals surface area contributed by atoms with Crippen LogP contribution >= 0.6 is 0 Å². The zero-order valence-electron chi connectivity index (χ0n) is 11.1. The van der Waals surface area contributed by atoms with Crippen molar-refractivity contribution < 1.29 is 20.1 Å². The Bertz CT molecular complexity index is 506. The molecule has 112 valence electrons. The van der Waals surface area contributed by atoms with Crippen molar-refractivity contribution in [3.8, 4) is 0 Å². The van der Waals surface area contributed by atoms with Gasteiger partial charge in [-0.15, -0.1) is 0 Å². The lowest BCUT2D eigenvalue weighted by molar-refractivity contribution is -0.0549.